The zero-order valence-corrected chi connectivity index (χ0v) is 15.2. The normalized spacial score (nSPS) is 25.2. The molecular weight excluding hydrogens is 344 g/mol. The molecular formula is C17H18N2O3S2. The number of aromatic nitrogens is 1. The number of fused-ring (bicyclic) bond motifs is 1. The van der Waals surface area contributed by atoms with E-state index in [1.54, 1.807) is 4.90 Å². The largest absolute Gasteiger partial charge is 0.284 e. The number of carbonyl (C=O) groups is 1. The first kappa shape index (κ1) is 15.8. The quantitative estimate of drug-likeness (QED) is 0.823. The Bertz CT molecular complexity index is 933. The van der Waals surface area contributed by atoms with Crippen molar-refractivity contribution in [3.8, 4) is 11.3 Å². The summed E-state index contributed by atoms with van der Waals surface area (Å²) in [6.45, 7) is 4.12. The van der Waals surface area contributed by atoms with Crippen LogP contribution in [0.5, 0.6) is 0 Å². The van der Waals surface area contributed by atoms with Crippen LogP contribution in [-0.2, 0) is 14.6 Å². The minimum Gasteiger partial charge on any atom is -0.284 e. The van der Waals surface area contributed by atoms with Crippen molar-refractivity contribution in [2.24, 2.45) is 5.92 Å². The van der Waals surface area contributed by atoms with E-state index in [0.717, 1.165) is 11.3 Å². The van der Waals surface area contributed by atoms with Gasteiger partial charge in [-0.05, 0) is 31.0 Å². The minimum absolute atomic E-state index is 0.0131. The fourth-order valence-electron chi connectivity index (χ4n) is 3.55. The van der Waals surface area contributed by atoms with E-state index < -0.39 is 9.84 Å². The Morgan fingerprint density at radius 2 is 2.00 bits per heavy atom. The summed E-state index contributed by atoms with van der Waals surface area (Å²) in [4.78, 5) is 18.6. The van der Waals surface area contributed by atoms with Gasteiger partial charge in [-0.1, -0.05) is 12.1 Å². The van der Waals surface area contributed by atoms with E-state index in [1.807, 2.05) is 11.4 Å². The van der Waals surface area contributed by atoms with Gasteiger partial charge in [0.15, 0.2) is 15.0 Å². The lowest BCUT2D eigenvalue weighted by Crippen LogP contribution is -2.36. The highest BCUT2D eigenvalue weighted by Gasteiger charge is 2.50. The maximum absolute atomic E-state index is 12.3. The molecule has 3 heterocycles. The molecule has 24 heavy (non-hydrogen) atoms. The Morgan fingerprint density at radius 3 is 2.75 bits per heavy atom. The molecule has 126 valence electrons. The number of hydrogen-bond donors (Lipinski definition) is 0. The smallest absolute Gasteiger partial charge is 0.229 e. The molecule has 5 nitrogen and oxygen atoms in total. The first-order chi connectivity index (χ1) is 11.3. The van der Waals surface area contributed by atoms with Gasteiger partial charge in [-0.3, -0.25) is 9.69 Å². The van der Waals surface area contributed by atoms with Crippen LogP contribution in [0, 0.1) is 19.8 Å². The number of anilines is 1. The average molecular weight is 362 g/mol. The van der Waals surface area contributed by atoms with Crippen LogP contribution in [0.2, 0.25) is 0 Å². The number of sulfone groups is 1. The molecule has 0 radical (unpaired) electrons. The van der Waals surface area contributed by atoms with Crippen LogP contribution in [0.15, 0.2) is 23.6 Å². The Labute approximate surface area is 145 Å². The van der Waals surface area contributed by atoms with Crippen LogP contribution in [0.1, 0.15) is 17.5 Å². The lowest BCUT2D eigenvalue weighted by molar-refractivity contribution is -0.117. The number of thiazole rings is 1. The summed E-state index contributed by atoms with van der Waals surface area (Å²) in [5.74, 6) is 0.0782. The highest BCUT2D eigenvalue weighted by molar-refractivity contribution is 7.91. The summed E-state index contributed by atoms with van der Waals surface area (Å²) in [6.07, 6.45) is 0.308. The van der Waals surface area contributed by atoms with Gasteiger partial charge in [-0.15, -0.1) is 11.3 Å². The molecule has 1 amide bonds. The first-order valence-corrected chi connectivity index (χ1v) is 10.6. The molecule has 1 aromatic carbocycles. The van der Waals surface area contributed by atoms with E-state index in [2.05, 4.69) is 31.0 Å². The number of nitrogens with zero attached hydrogens (tertiary/aromatic N) is 2. The second kappa shape index (κ2) is 5.39. The summed E-state index contributed by atoms with van der Waals surface area (Å²) in [6, 6.07) is 5.92. The topological polar surface area (TPSA) is 67.3 Å². The zero-order valence-electron chi connectivity index (χ0n) is 13.5. The molecule has 1 aromatic heterocycles. The summed E-state index contributed by atoms with van der Waals surface area (Å²) in [7, 11) is -3.04. The molecule has 2 saturated heterocycles. The van der Waals surface area contributed by atoms with Crippen molar-refractivity contribution in [1.29, 1.82) is 0 Å². The minimum atomic E-state index is -3.04. The van der Waals surface area contributed by atoms with Gasteiger partial charge in [-0.25, -0.2) is 13.4 Å². The monoisotopic (exact) mass is 362 g/mol. The molecule has 0 bridgehead atoms. The van der Waals surface area contributed by atoms with Gasteiger partial charge < -0.3 is 0 Å². The summed E-state index contributed by atoms with van der Waals surface area (Å²) >= 11 is 1.40. The van der Waals surface area contributed by atoms with Crippen LogP contribution >= 0.6 is 11.3 Å². The Balaban J connectivity index is 1.67. The Kier molecular flexibility index (Phi) is 3.54. The van der Waals surface area contributed by atoms with Crippen LogP contribution in [-0.4, -0.2) is 36.9 Å². The maximum Gasteiger partial charge on any atom is 0.229 e. The molecule has 7 heteroatoms. The summed E-state index contributed by atoms with van der Waals surface area (Å²) in [5, 5.41) is 2.54. The van der Waals surface area contributed by atoms with Gasteiger partial charge in [0.1, 0.15) is 0 Å². The van der Waals surface area contributed by atoms with Crippen molar-refractivity contribution < 1.29 is 13.2 Å². The molecule has 0 N–H and O–H groups in total. The molecule has 0 aliphatic carbocycles. The van der Waals surface area contributed by atoms with Crippen LogP contribution in [0.25, 0.3) is 11.3 Å². The molecule has 2 aliphatic heterocycles. The predicted molar refractivity (Wildman–Crippen MR) is 95.1 cm³/mol. The van der Waals surface area contributed by atoms with Gasteiger partial charge in [0.2, 0.25) is 5.91 Å². The first-order valence-electron chi connectivity index (χ1n) is 7.90. The van der Waals surface area contributed by atoms with E-state index in [9.17, 15) is 13.2 Å². The van der Waals surface area contributed by atoms with Crippen molar-refractivity contribution in [3.63, 3.8) is 0 Å². The molecule has 0 spiro atoms. The fraction of sp³-hybridized carbons (Fsp3) is 0.412. The predicted octanol–water partition coefficient (Wildman–Crippen LogP) is 2.58. The van der Waals surface area contributed by atoms with Gasteiger partial charge in [0.05, 0.1) is 23.2 Å². The van der Waals surface area contributed by atoms with E-state index in [-0.39, 0.29) is 29.4 Å². The van der Waals surface area contributed by atoms with Crippen LogP contribution < -0.4 is 4.90 Å². The number of benzene rings is 1. The van der Waals surface area contributed by atoms with E-state index in [0.29, 0.717) is 11.6 Å². The molecule has 0 unspecified atom stereocenters. The van der Waals surface area contributed by atoms with Gasteiger partial charge in [0.25, 0.3) is 0 Å². The number of carbonyl (C=O) groups excluding carboxylic acids is 1. The van der Waals surface area contributed by atoms with E-state index in [4.69, 9.17) is 0 Å². The second-order valence-corrected chi connectivity index (χ2v) is 9.68. The van der Waals surface area contributed by atoms with E-state index in [1.165, 1.54) is 22.5 Å². The third-order valence-corrected chi connectivity index (χ3v) is 7.60. The van der Waals surface area contributed by atoms with E-state index >= 15 is 0 Å². The molecule has 4 rings (SSSR count). The second-order valence-electron chi connectivity index (χ2n) is 6.69. The van der Waals surface area contributed by atoms with Crippen molar-refractivity contribution >= 4 is 32.2 Å². The SMILES string of the molecule is Cc1ccc(-c2csc(N3C(=O)C[C@@H]4CS(=O)(=O)C[C@@H]43)n2)cc1C. The zero-order chi connectivity index (χ0) is 17.1. The number of rotatable bonds is 2. The average Bonchev–Trinajstić information content (AvgIpc) is 3.14. The Morgan fingerprint density at radius 1 is 1.21 bits per heavy atom. The molecule has 2 aliphatic rings. The highest BCUT2D eigenvalue weighted by atomic mass is 32.2. The Hall–Kier alpha value is -1.73. The summed E-state index contributed by atoms with van der Waals surface area (Å²) in [5.41, 5.74) is 4.27. The molecule has 2 fully saturated rings. The van der Waals surface area contributed by atoms with Crippen molar-refractivity contribution in [2.45, 2.75) is 26.3 Å². The number of aryl methyl sites for hydroxylation is 2. The third kappa shape index (κ3) is 2.56. The lowest BCUT2D eigenvalue weighted by Gasteiger charge is -2.19. The van der Waals surface area contributed by atoms with Gasteiger partial charge in [-0.2, -0.15) is 0 Å². The van der Waals surface area contributed by atoms with Crippen molar-refractivity contribution in [3.05, 3.63) is 34.7 Å². The standard InChI is InChI=1S/C17H18N2O3S2/c1-10-3-4-12(5-11(10)2)14-7-23-17(18-14)19-15-9-24(21,22)8-13(15)6-16(19)20/h3-5,7,13,15H,6,8-9H2,1-2H3/t13-,15+/m1/s1. The number of hydrogen-bond acceptors (Lipinski definition) is 5. The highest BCUT2D eigenvalue weighted by Crippen LogP contribution is 2.39. The van der Waals surface area contributed by atoms with Gasteiger partial charge in [0, 0.05) is 23.3 Å². The van der Waals surface area contributed by atoms with Crippen molar-refractivity contribution in [2.75, 3.05) is 16.4 Å². The number of amides is 1. The van der Waals surface area contributed by atoms with Crippen LogP contribution in [0.3, 0.4) is 0 Å². The fourth-order valence-corrected chi connectivity index (χ4v) is 6.52. The van der Waals surface area contributed by atoms with Crippen LogP contribution in [0.4, 0.5) is 5.13 Å². The van der Waals surface area contributed by atoms with Gasteiger partial charge >= 0.3 is 0 Å². The summed E-state index contributed by atoms with van der Waals surface area (Å²) < 4.78 is 23.7. The molecule has 2 atom stereocenters. The molecule has 2 aromatic rings. The van der Waals surface area contributed by atoms with Crippen molar-refractivity contribution in [1.82, 2.24) is 4.98 Å². The third-order valence-electron chi connectivity index (χ3n) is 4.97. The molecule has 0 saturated carbocycles. The lowest BCUT2D eigenvalue weighted by atomic mass is 10.1. The maximum atomic E-state index is 12.3.